The number of hydrogen-bond donors (Lipinski definition) is 1. The van der Waals surface area contributed by atoms with Crippen molar-refractivity contribution in [3.8, 4) is 0 Å². The normalized spacial score (nSPS) is 16.4. The zero-order valence-corrected chi connectivity index (χ0v) is 14.0. The molecule has 0 aromatic heterocycles. The molecule has 20 heavy (non-hydrogen) atoms. The lowest BCUT2D eigenvalue weighted by Gasteiger charge is -2.32. The molecule has 1 aliphatic rings. The van der Waals surface area contributed by atoms with Gasteiger partial charge in [0.15, 0.2) is 0 Å². The minimum atomic E-state index is 0.0400. The summed E-state index contributed by atoms with van der Waals surface area (Å²) in [7, 11) is 0. The molecule has 1 aromatic carbocycles. The van der Waals surface area contributed by atoms with Crippen LogP contribution in [0.15, 0.2) is 22.7 Å². The molecule has 1 heterocycles. The Balaban J connectivity index is 1.96. The Bertz CT molecular complexity index is 473. The summed E-state index contributed by atoms with van der Waals surface area (Å²) in [6.45, 7) is 5.81. The van der Waals surface area contributed by atoms with E-state index in [-0.39, 0.29) is 5.91 Å². The molecule has 1 aromatic rings. The first kappa shape index (κ1) is 15.8. The Morgan fingerprint density at radius 3 is 2.80 bits per heavy atom. The molecule has 2 rings (SSSR count). The van der Waals surface area contributed by atoms with Gasteiger partial charge in [-0.3, -0.25) is 4.79 Å². The van der Waals surface area contributed by atoms with Crippen LogP contribution in [0.25, 0.3) is 0 Å². The van der Waals surface area contributed by atoms with Crippen LogP contribution in [0.2, 0.25) is 5.02 Å². The number of likely N-dealkylation sites (tertiary alicyclic amines) is 1. The molecule has 1 aliphatic heterocycles. The molecular weight excluding hydrogens is 340 g/mol. The van der Waals surface area contributed by atoms with Crippen LogP contribution in [0.4, 0.5) is 0 Å². The highest BCUT2D eigenvalue weighted by Gasteiger charge is 2.24. The number of carbonyl (C=O) groups is 1. The monoisotopic (exact) mass is 358 g/mol. The van der Waals surface area contributed by atoms with Gasteiger partial charge in [-0.1, -0.05) is 34.5 Å². The predicted molar refractivity (Wildman–Crippen MR) is 86.3 cm³/mol. The predicted octanol–water partition coefficient (Wildman–Crippen LogP) is 3.56. The summed E-state index contributed by atoms with van der Waals surface area (Å²) in [5.74, 6) is 0.718. The summed E-state index contributed by atoms with van der Waals surface area (Å²) in [5.41, 5.74) is 0.589. The van der Waals surface area contributed by atoms with E-state index in [1.54, 1.807) is 12.1 Å². The van der Waals surface area contributed by atoms with Crippen LogP contribution in [0.3, 0.4) is 0 Å². The van der Waals surface area contributed by atoms with Crippen LogP contribution in [0.5, 0.6) is 0 Å². The lowest BCUT2D eigenvalue weighted by atomic mass is 9.96. The minimum absolute atomic E-state index is 0.0400. The average Bonchev–Trinajstić information content (AvgIpc) is 2.47. The number of nitrogens with one attached hydrogen (secondary N) is 1. The van der Waals surface area contributed by atoms with Gasteiger partial charge in [-0.2, -0.15) is 0 Å². The second-order valence-electron chi connectivity index (χ2n) is 5.17. The smallest absolute Gasteiger partial charge is 0.255 e. The van der Waals surface area contributed by atoms with Crippen molar-refractivity contribution in [3.63, 3.8) is 0 Å². The van der Waals surface area contributed by atoms with Gasteiger partial charge in [0.2, 0.25) is 0 Å². The van der Waals surface area contributed by atoms with E-state index >= 15 is 0 Å². The molecule has 5 heteroatoms. The van der Waals surface area contributed by atoms with Gasteiger partial charge in [-0.15, -0.1) is 0 Å². The molecule has 0 aliphatic carbocycles. The molecule has 0 bridgehead atoms. The zero-order valence-electron chi connectivity index (χ0n) is 11.7. The maximum Gasteiger partial charge on any atom is 0.255 e. The molecule has 1 N–H and O–H groups in total. The highest BCUT2D eigenvalue weighted by atomic mass is 79.9. The van der Waals surface area contributed by atoms with Gasteiger partial charge in [0.1, 0.15) is 0 Å². The third kappa shape index (κ3) is 3.96. The summed E-state index contributed by atoms with van der Waals surface area (Å²) >= 11 is 9.52. The third-order valence-electron chi connectivity index (χ3n) is 3.74. The van der Waals surface area contributed by atoms with E-state index in [4.69, 9.17) is 11.6 Å². The topological polar surface area (TPSA) is 32.3 Å². The fraction of sp³-hybridized carbons (Fsp3) is 0.533. The largest absolute Gasteiger partial charge is 0.339 e. The molecule has 0 atom stereocenters. The first-order valence-corrected chi connectivity index (χ1v) is 8.24. The second kappa shape index (κ2) is 7.43. The van der Waals surface area contributed by atoms with Crippen molar-refractivity contribution in [1.29, 1.82) is 0 Å². The van der Waals surface area contributed by atoms with Crippen molar-refractivity contribution in [3.05, 3.63) is 33.3 Å². The van der Waals surface area contributed by atoms with Gasteiger partial charge in [0.25, 0.3) is 5.91 Å². The van der Waals surface area contributed by atoms with Gasteiger partial charge in [0, 0.05) is 17.6 Å². The third-order valence-corrected chi connectivity index (χ3v) is 4.57. The first-order chi connectivity index (χ1) is 9.61. The first-order valence-electron chi connectivity index (χ1n) is 7.07. The van der Waals surface area contributed by atoms with Crippen molar-refractivity contribution in [2.24, 2.45) is 5.92 Å². The summed E-state index contributed by atoms with van der Waals surface area (Å²) in [6, 6.07) is 5.41. The molecule has 3 nitrogen and oxygen atoms in total. The summed E-state index contributed by atoms with van der Waals surface area (Å²) < 4.78 is 0.882. The summed E-state index contributed by atoms with van der Waals surface area (Å²) in [5, 5.41) is 3.90. The van der Waals surface area contributed by atoms with Crippen LogP contribution < -0.4 is 5.32 Å². The Morgan fingerprint density at radius 2 is 2.15 bits per heavy atom. The standard InChI is InChI=1S/C15H20BrClN2O/c1-2-18-10-11-5-7-19(8-6-11)15(20)13-9-12(16)3-4-14(13)17/h3-4,9,11,18H,2,5-8,10H2,1H3. The molecule has 0 radical (unpaired) electrons. The molecule has 0 unspecified atom stereocenters. The molecule has 1 amide bonds. The minimum Gasteiger partial charge on any atom is -0.339 e. The van der Waals surface area contributed by atoms with Crippen molar-refractivity contribution in [2.75, 3.05) is 26.2 Å². The maximum absolute atomic E-state index is 12.5. The summed E-state index contributed by atoms with van der Waals surface area (Å²) in [6.07, 6.45) is 2.12. The SMILES string of the molecule is CCNCC1CCN(C(=O)c2cc(Br)ccc2Cl)CC1. The zero-order chi connectivity index (χ0) is 14.5. The second-order valence-corrected chi connectivity index (χ2v) is 6.49. The number of carbonyl (C=O) groups excluding carboxylic acids is 1. The van der Waals surface area contributed by atoms with Crippen LogP contribution >= 0.6 is 27.5 Å². The number of amides is 1. The number of hydrogen-bond acceptors (Lipinski definition) is 2. The lowest BCUT2D eigenvalue weighted by molar-refractivity contribution is 0.0690. The Kier molecular flexibility index (Phi) is 5.87. The number of halogens is 2. The van der Waals surface area contributed by atoms with Crippen molar-refractivity contribution in [1.82, 2.24) is 10.2 Å². The average molecular weight is 360 g/mol. The highest BCUT2D eigenvalue weighted by molar-refractivity contribution is 9.10. The molecular formula is C15H20BrClN2O. The van der Waals surface area contributed by atoms with E-state index in [2.05, 4.69) is 28.2 Å². The number of nitrogens with zero attached hydrogens (tertiary/aromatic N) is 1. The number of rotatable bonds is 4. The van der Waals surface area contributed by atoms with Crippen molar-refractivity contribution >= 4 is 33.4 Å². The quantitative estimate of drug-likeness (QED) is 0.891. The van der Waals surface area contributed by atoms with E-state index < -0.39 is 0 Å². The maximum atomic E-state index is 12.5. The Hall–Kier alpha value is -0.580. The Labute approximate surface area is 133 Å². The van der Waals surface area contributed by atoms with Crippen molar-refractivity contribution < 1.29 is 4.79 Å². The Morgan fingerprint density at radius 1 is 1.45 bits per heavy atom. The van der Waals surface area contributed by atoms with Gasteiger partial charge >= 0.3 is 0 Å². The van der Waals surface area contributed by atoms with E-state index in [1.165, 1.54) is 0 Å². The lowest BCUT2D eigenvalue weighted by Crippen LogP contribution is -2.40. The number of piperidine rings is 1. The van der Waals surface area contributed by atoms with Gasteiger partial charge in [-0.05, 0) is 50.0 Å². The number of benzene rings is 1. The fourth-order valence-corrected chi connectivity index (χ4v) is 3.08. The molecule has 0 saturated carbocycles. The van der Waals surface area contributed by atoms with Gasteiger partial charge in [-0.25, -0.2) is 0 Å². The van der Waals surface area contributed by atoms with Gasteiger partial charge in [0.05, 0.1) is 10.6 Å². The van der Waals surface area contributed by atoms with Gasteiger partial charge < -0.3 is 10.2 Å². The van der Waals surface area contributed by atoms with E-state index in [0.717, 1.165) is 43.5 Å². The highest BCUT2D eigenvalue weighted by Crippen LogP contribution is 2.25. The summed E-state index contributed by atoms with van der Waals surface area (Å²) in [4.78, 5) is 14.4. The molecule has 1 fully saturated rings. The molecule has 1 saturated heterocycles. The van der Waals surface area contributed by atoms with Crippen LogP contribution in [0, 0.1) is 5.92 Å². The van der Waals surface area contributed by atoms with E-state index in [0.29, 0.717) is 16.5 Å². The fourth-order valence-electron chi connectivity index (χ4n) is 2.52. The molecule has 0 spiro atoms. The van der Waals surface area contributed by atoms with Crippen molar-refractivity contribution in [2.45, 2.75) is 19.8 Å². The van der Waals surface area contributed by atoms with Crippen LogP contribution in [-0.4, -0.2) is 37.0 Å². The van der Waals surface area contributed by atoms with Crippen LogP contribution in [0.1, 0.15) is 30.1 Å². The molecule has 110 valence electrons. The van der Waals surface area contributed by atoms with E-state index in [9.17, 15) is 4.79 Å². The van der Waals surface area contributed by atoms with E-state index in [1.807, 2.05) is 11.0 Å². The van der Waals surface area contributed by atoms with Crippen LogP contribution in [-0.2, 0) is 0 Å².